The predicted molar refractivity (Wildman–Crippen MR) is 70.7 cm³/mol. The van der Waals surface area contributed by atoms with E-state index in [0.29, 0.717) is 19.1 Å². The maximum atomic E-state index is 12.0. The Morgan fingerprint density at radius 1 is 1.33 bits per heavy atom. The zero-order chi connectivity index (χ0) is 13.9. The number of hydrogen-bond acceptors (Lipinski definition) is 4. The van der Waals surface area contributed by atoms with E-state index < -0.39 is 5.60 Å². The molecule has 0 aromatic carbocycles. The summed E-state index contributed by atoms with van der Waals surface area (Å²) in [5.74, 6) is 0. The number of hydrogen-bond donors (Lipinski definition) is 1. The molecular weight excluding hydrogens is 232 g/mol. The van der Waals surface area contributed by atoms with Crippen LogP contribution in [0.25, 0.3) is 0 Å². The third-order valence-electron chi connectivity index (χ3n) is 2.77. The van der Waals surface area contributed by atoms with Crippen LogP contribution in [0.2, 0.25) is 0 Å². The van der Waals surface area contributed by atoms with Crippen LogP contribution >= 0.6 is 0 Å². The van der Waals surface area contributed by atoms with E-state index in [2.05, 4.69) is 19.2 Å². The van der Waals surface area contributed by atoms with Crippen LogP contribution in [-0.4, -0.2) is 55.0 Å². The van der Waals surface area contributed by atoms with Crippen molar-refractivity contribution in [2.24, 2.45) is 0 Å². The fraction of sp³-hybridized carbons (Fsp3) is 0.923. The molecule has 1 N–H and O–H groups in total. The van der Waals surface area contributed by atoms with Crippen LogP contribution in [0.4, 0.5) is 4.79 Å². The lowest BCUT2D eigenvalue weighted by Crippen LogP contribution is -2.44. The largest absolute Gasteiger partial charge is 0.444 e. The number of amides is 1. The minimum atomic E-state index is -0.455. The molecule has 106 valence electrons. The molecule has 1 fully saturated rings. The van der Waals surface area contributed by atoms with Crippen LogP contribution in [0.1, 0.15) is 34.6 Å². The van der Waals surface area contributed by atoms with E-state index >= 15 is 0 Å². The number of methoxy groups -OCH3 is 1. The van der Waals surface area contributed by atoms with Crippen molar-refractivity contribution in [2.45, 2.75) is 58.4 Å². The molecule has 0 aliphatic carbocycles. The molecule has 0 radical (unpaired) electrons. The van der Waals surface area contributed by atoms with Crippen LogP contribution < -0.4 is 5.32 Å². The zero-order valence-electron chi connectivity index (χ0n) is 12.3. The quantitative estimate of drug-likeness (QED) is 0.835. The minimum Gasteiger partial charge on any atom is -0.444 e. The van der Waals surface area contributed by atoms with E-state index in [4.69, 9.17) is 9.47 Å². The summed E-state index contributed by atoms with van der Waals surface area (Å²) in [5, 5.41) is 3.42. The summed E-state index contributed by atoms with van der Waals surface area (Å²) in [7, 11) is 1.68. The number of rotatable bonds is 3. The van der Waals surface area contributed by atoms with Gasteiger partial charge in [0, 0.05) is 19.7 Å². The molecule has 1 aliphatic heterocycles. The normalized spacial score (nSPS) is 24.7. The highest BCUT2D eigenvalue weighted by Crippen LogP contribution is 2.17. The van der Waals surface area contributed by atoms with Gasteiger partial charge in [0.05, 0.1) is 18.7 Å². The van der Waals surface area contributed by atoms with Gasteiger partial charge in [-0.2, -0.15) is 0 Å². The van der Waals surface area contributed by atoms with Crippen molar-refractivity contribution in [3.63, 3.8) is 0 Å². The Morgan fingerprint density at radius 3 is 2.39 bits per heavy atom. The van der Waals surface area contributed by atoms with Gasteiger partial charge in [-0.25, -0.2) is 4.79 Å². The van der Waals surface area contributed by atoms with Gasteiger partial charge in [-0.05, 0) is 20.8 Å². The second-order valence-electron chi connectivity index (χ2n) is 6.09. The maximum Gasteiger partial charge on any atom is 0.410 e. The average Bonchev–Trinajstić information content (AvgIpc) is 2.57. The lowest BCUT2D eigenvalue weighted by molar-refractivity contribution is 0.0252. The van der Waals surface area contributed by atoms with Crippen LogP contribution in [-0.2, 0) is 9.47 Å². The molecule has 5 heteroatoms. The molecule has 5 nitrogen and oxygen atoms in total. The van der Waals surface area contributed by atoms with Gasteiger partial charge in [0.1, 0.15) is 5.60 Å². The summed E-state index contributed by atoms with van der Waals surface area (Å²) in [6.07, 6.45) is -0.238. The van der Waals surface area contributed by atoms with Crippen LogP contribution in [0.5, 0.6) is 0 Å². The molecule has 0 spiro atoms. The Balaban J connectivity index is 2.58. The van der Waals surface area contributed by atoms with Crippen molar-refractivity contribution in [2.75, 3.05) is 20.2 Å². The van der Waals surface area contributed by atoms with E-state index in [9.17, 15) is 4.79 Å². The van der Waals surface area contributed by atoms with Crippen molar-refractivity contribution in [1.29, 1.82) is 0 Å². The third-order valence-corrected chi connectivity index (χ3v) is 2.77. The van der Waals surface area contributed by atoms with E-state index in [1.807, 2.05) is 20.8 Å². The SMILES string of the molecule is CO[C@H]1CN(C(=O)OC(C)(C)C)CC1NC(C)C. The van der Waals surface area contributed by atoms with Crippen LogP contribution in [0, 0.1) is 0 Å². The molecule has 1 amide bonds. The predicted octanol–water partition coefficient (Wildman–Crippen LogP) is 1.62. The van der Waals surface area contributed by atoms with Crippen molar-refractivity contribution in [3.8, 4) is 0 Å². The van der Waals surface area contributed by atoms with Crippen LogP contribution in [0.15, 0.2) is 0 Å². The summed E-state index contributed by atoms with van der Waals surface area (Å²) in [6, 6.07) is 0.536. The van der Waals surface area contributed by atoms with Crippen molar-refractivity contribution < 1.29 is 14.3 Å². The Morgan fingerprint density at radius 2 is 1.94 bits per heavy atom. The van der Waals surface area contributed by atoms with Gasteiger partial charge >= 0.3 is 6.09 Å². The molecule has 1 aliphatic rings. The van der Waals surface area contributed by atoms with Crippen molar-refractivity contribution >= 4 is 6.09 Å². The Kier molecular flexibility index (Phi) is 4.99. The average molecular weight is 258 g/mol. The zero-order valence-corrected chi connectivity index (χ0v) is 12.3. The maximum absolute atomic E-state index is 12.0. The molecule has 1 rings (SSSR count). The molecule has 1 heterocycles. The van der Waals surface area contributed by atoms with Crippen molar-refractivity contribution in [1.82, 2.24) is 10.2 Å². The summed E-state index contributed by atoms with van der Waals surface area (Å²) < 4.78 is 10.8. The molecule has 0 saturated carbocycles. The minimum absolute atomic E-state index is 0.0277. The summed E-state index contributed by atoms with van der Waals surface area (Å²) >= 11 is 0. The number of nitrogens with one attached hydrogen (secondary N) is 1. The second kappa shape index (κ2) is 5.89. The summed E-state index contributed by atoms with van der Waals surface area (Å²) in [6.45, 7) is 11.0. The van der Waals surface area contributed by atoms with Gasteiger partial charge in [-0.3, -0.25) is 0 Å². The first-order valence-electron chi connectivity index (χ1n) is 6.49. The summed E-state index contributed by atoms with van der Waals surface area (Å²) in [5.41, 5.74) is -0.455. The van der Waals surface area contributed by atoms with Gasteiger partial charge in [0.2, 0.25) is 0 Å². The highest BCUT2D eigenvalue weighted by Gasteiger charge is 2.37. The van der Waals surface area contributed by atoms with Gasteiger partial charge in [-0.1, -0.05) is 13.8 Å². The Labute approximate surface area is 110 Å². The molecule has 0 aromatic rings. The van der Waals surface area contributed by atoms with E-state index in [-0.39, 0.29) is 18.2 Å². The number of carbonyl (C=O) groups is 1. The molecule has 2 atom stereocenters. The van der Waals surface area contributed by atoms with Crippen LogP contribution in [0.3, 0.4) is 0 Å². The van der Waals surface area contributed by atoms with Gasteiger partial charge in [0.25, 0.3) is 0 Å². The number of ether oxygens (including phenoxy) is 2. The monoisotopic (exact) mass is 258 g/mol. The highest BCUT2D eigenvalue weighted by atomic mass is 16.6. The molecule has 1 saturated heterocycles. The lowest BCUT2D eigenvalue weighted by atomic mass is 10.2. The Bertz CT molecular complexity index is 286. The van der Waals surface area contributed by atoms with E-state index in [1.165, 1.54) is 0 Å². The standard InChI is InChI=1S/C13H26N2O3/c1-9(2)14-10-7-15(8-11(10)17-6)12(16)18-13(3,4)5/h9-11,14H,7-8H2,1-6H3/t10?,11-/m0/s1. The van der Waals surface area contributed by atoms with Gasteiger partial charge < -0.3 is 19.7 Å². The Hall–Kier alpha value is -0.810. The molecule has 1 unspecified atom stereocenters. The van der Waals surface area contributed by atoms with E-state index in [1.54, 1.807) is 12.0 Å². The fourth-order valence-corrected chi connectivity index (χ4v) is 2.08. The second-order valence-corrected chi connectivity index (χ2v) is 6.09. The lowest BCUT2D eigenvalue weighted by Gasteiger charge is -2.24. The first kappa shape index (κ1) is 15.2. The van der Waals surface area contributed by atoms with Gasteiger partial charge in [0.15, 0.2) is 0 Å². The van der Waals surface area contributed by atoms with Crippen molar-refractivity contribution in [3.05, 3.63) is 0 Å². The smallest absolute Gasteiger partial charge is 0.410 e. The molecule has 0 aromatic heterocycles. The van der Waals surface area contributed by atoms with E-state index in [0.717, 1.165) is 0 Å². The number of nitrogens with zero attached hydrogens (tertiary/aromatic N) is 1. The first-order chi connectivity index (χ1) is 8.23. The topological polar surface area (TPSA) is 50.8 Å². The highest BCUT2D eigenvalue weighted by molar-refractivity contribution is 5.68. The third kappa shape index (κ3) is 4.46. The molecule has 18 heavy (non-hydrogen) atoms. The summed E-state index contributed by atoms with van der Waals surface area (Å²) in [4.78, 5) is 13.7. The molecule has 0 bridgehead atoms. The number of carbonyl (C=O) groups excluding carboxylic acids is 1. The first-order valence-corrected chi connectivity index (χ1v) is 6.49. The number of likely N-dealkylation sites (tertiary alicyclic amines) is 1. The van der Waals surface area contributed by atoms with Gasteiger partial charge in [-0.15, -0.1) is 0 Å². The fourth-order valence-electron chi connectivity index (χ4n) is 2.08. The molecular formula is C13H26N2O3.